The van der Waals surface area contributed by atoms with Gasteiger partial charge in [0.15, 0.2) is 0 Å². The Bertz CT molecular complexity index is 358. The normalized spacial score (nSPS) is 17.9. The first-order valence-corrected chi connectivity index (χ1v) is 6.21. The van der Waals surface area contributed by atoms with Gasteiger partial charge in [-0.25, -0.2) is 0 Å². The Morgan fingerprint density at radius 2 is 2.19 bits per heavy atom. The molecule has 0 spiro atoms. The van der Waals surface area contributed by atoms with Crippen molar-refractivity contribution in [2.45, 2.75) is 39.2 Å². The smallest absolute Gasteiger partial charge is 0.124 e. The minimum absolute atomic E-state index is 0.148. The number of benzene rings is 1. The lowest BCUT2D eigenvalue weighted by Crippen LogP contribution is -2.27. The van der Waals surface area contributed by atoms with Gasteiger partial charge in [-0.15, -0.1) is 0 Å². The van der Waals surface area contributed by atoms with E-state index in [2.05, 4.69) is 19.1 Å². The van der Waals surface area contributed by atoms with E-state index in [1.54, 1.807) is 0 Å². The lowest BCUT2D eigenvalue weighted by molar-refractivity contribution is 0.255. The highest BCUT2D eigenvalue weighted by atomic mass is 16.5. The van der Waals surface area contributed by atoms with Crippen LogP contribution in [0.4, 0.5) is 0 Å². The van der Waals surface area contributed by atoms with Crippen molar-refractivity contribution in [3.05, 3.63) is 29.3 Å². The molecule has 1 unspecified atom stereocenters. The van der Waals surface area contributed by atoms with Crippen molar-refractivity contribution in [3.63, 3.8) is 0 Å². The summed E-state index contributed by atoms with van der Waals surface area (Å²) in [6.45, 7) is 4.82. The van der Waals surface area contributed by atoms with Crippen LogP contribution in [0.3, 0.4) is 0 Å². The summed E-state index contributed by atoms with van der Waals surface area (Å²) in [6, 6.07) is 6.46. The van der Waals surface area contributed by atoms with E-state index < -0.39 is 0 Å². The van der Waals surface area contributed by atoms with Gasteiger partial charge in [-0.2, -0.15) is 0 Å². The number of hydrogen-bond donors (Lipinski definition) is 1. The summed E-state index contributed by atoms with van der Waals surface area (Å²) < 4.78 is 5.65. The predicted octanol–water partition coefficient (Wildman–Crippen LogP) is 3.19. The second-order valence-corrected chi connectivity index (χ2v) is 4.69. The zero-order valence-corrected chi connectivity index (χ0v) is 10.2. The predicted molar refractivity (Wildman–Crippen MR) is 66.6 cm³/mol. The first-order chi connectivity index (χ1) is 7.72. The Kier molecular flexibility index (Phi) is 3.49. The number of nitrogens with two attached hydrogens (primary N) is 1. The Morgan fingerprint density at radius 3 is 2.75 bits per heavy atom. The van der Waals surface area contributed by atoms with Crippen LogP contribution >= 0.6 is 0 Å². The molecule has 0 aliphatic heterocycles. The van der Waals surface area contributed by atoms with Crippen LogP contribution in [0.5, 0.6) is 5.75 Å². The average molecular weight is 219 g/mol. The maximum atomic E-state index is 6.32. The van der Waals surface area contributed by atoms with Gasteiger partial charge in [0.25, 0.3) is 0 Å². The van der Waals surface area contributed by atoms with Crippen LogP contribution in [0.1, 0.15) is 43.4 Å². The van der Waals surface area contributed by atoms with Gasteiger partial charge in [0.2, 0.25) is 0 Å². The molecule has 2 nitrogen and oxygen atoms in total. The second-order valence-electron chi connectivity index (χ2n) is 4.69. The third-order valence-electron chi connectivity index (χ3n) is 3.48. The van der Waals surface area contributed by atoms with Gasteiger partial charge in [-0.1, -0.05) is 24.1 Å². The van der Waals surface area contributed by atoms with Crippen molar-refractivity contribution < 1.29 is 4.74 Å². The molecule has 0 radical (unpaired) electrons. The SMILES string of the molecule is CCOc1ccc(C)cc1C(N)C1CCC1. The Morgan fingerprint density at radius 1 is 1.44 bits per heavy atom. The summed E-state index contributed by atoms with van der Waals surface area (Å²) in [5, 5.41) is 0. The van der Waals surface area contributed by atoms with Gasteiger partial charge in [0.1, 0.15) is 5.75 Å². The van der Waals surface area contributed by atoms with Crippen LogP contribution in [0.15, 0.2) is 18.2 Å². The average Bonchev–Trinajstić information content (AvgIpc) is 2.18. The number of ether oxygens (including phenoxy) is 1. The van der Waals surface area contributed by atoms with Crippen LogP contribution in [-0.4, -0.2) is 6.61 Å². The lowest BCUT2D eigenvalue weighted by Gasteiger charge is -2.32. The molecule has 2 heteroatoms. The van der Waals surface area contributed by atoms with E-state index in [-0.39, 0.29) is 6.04 Å². The van der Waals surface area contributed by atoms with Gasteiger partial charge < -0.3 is 10.5 Å². The third kappa shape index (κ3) is 2.22. The van der Waals surface area contributed by atoms with Crippen molar-refractivity contribution in [1.82, 2.24) is 0 Å². The Hall–Kier alpha value is -1.02. The fourth-order valence-corrected chi connectivity index (χ4v) is 2.27. The molecule has 1 aromatic carbocycles. The standard InChI is InChI=1S/C14H21NO/c1-3-16-13-8-7-10(2)9-12(13)14(15)11-5-4-6-11/h7-9,11,14H,3-6,15H2,1-2H3. The fraction of sp³-hybridized carbons (Fsp3) is 0.571. The molecule has 1 atom stereocenters. The van der Waals surface area contributed by atoms with Gasteiger partial charge >= 0.3 is 0 Å². The van der Waals surface area contributed by atoms with E-state index in [9.17, 15) is 0 Å². The second kappa shape index (κ2) is 4.88. The maximum absolute atomic E-state index is 6.32. The van der Waals surface area contributed by atoms with Crippen LogP contribution in [-0.2, 0) is 0 Å². The van der Waals surface area contributed by atoms with Crippen molar-refractivity contribution in [3.8, 4) is 5.75 Å². The molecule has 1 aliphatic carbocycles. The quantitative estimate of drug-likeness (QED) is 0.844. The molecule has 0 heterocycles. The van der Waals surface area contributed by atoms with Gasteiger partial charge in [0, 0.05) is 11.6 Å². The van der Waals surface area contributed by atoms with Gasteiger partial charge in [0.05, 0.1) is 6.61 Å². The molecule has 88 valence electrons. The molecule has 1 aliphatic rings. The summed E-state index contributed by atoms with van der Waals surface area (Å²) in [4.78, 5) is 0. The topological polar surface area (TPSA) is 35.2 Å². The molecule has 0 amide bonds. The Labute approximate surface area is 97.8 Å². The lowest BCUT2D eigenvalue weighted by atomic mass is 9.77. The van der Waals surface area contributed by atoms with Crippen molar-refractivity contribution in [2.75, 3.05) is 6.61 Å². The number of aryl methyl sites for hydroxylation is 1. The van der Waals surface area contributed by atoms with E-state index in [1.165, 1.54) is 30.4 Å². The van der Waals surface area contributed by atoms with Crippen LogP contribution < -0.4 is 10.5 Å². The van der Waals surface area contributed by atoms with Crippen LogP contribution in [0.25, 0.3) is 0 Å². The van der Waals surface area contributed by atoms with Crippen molar-refractivity contribution in [2.24, 2.45) is 11.7 Å². The van der Waals surface area contributed by atoms with Crippen LogP contribution in [0, 0.1) is 12.8 Å². The zero-order valence-electron chi connectivity index (χ0n) is 10.2. The zero-order chi connectivity index (χ0) is 11.5. The van der Waals surface area contributed by atoms with E-state index in [0.29, 0.717) is 12.5 Å². The molecular formula is C14H21NO. The summed E-state index contributed by atoms with van der Waals surface area (Å²) in [5.41, 5.74) is 8.76. The molecule has 2 rings (SSSR count). The van der Waals surface area contributed by atoms with Crippen molar-refractivity contribution in [1.29, 1.82) is 0 Å². The maximum Gasteiger partial charge on any atom is 0.124 e. The molecule has 2 N–H and O–H groups in total. The van der Waals surface area contributed by atoms with E-state index in [1.807, 2.05) is 13.0 Å². The van der Waals surface area contributed by atoms with E-state index >= 15 is 0 Å². The first-order valence-electron chi connectivity index (χ1n) is 6.21. The van der Waals surface area contributed by atoms with Crippen molar-refractivity contribution >= 4 is 0 Å². The molecular weight excluding hydrogens is 198 g/mol. The highest BCUT2D eigenvalue weighted by Crippen LogP contribution is 2.39. The highest BCUT2D eigenvalue weighted by molar-refractivity contribution is 5.39. The molecule has 0 saturated heterocycles. The number of hydrogen-bond acceptors (Lipinski definition) is 2. The van der Waals surface area contributed by atoms with Gasteiger partial charge in [-0.3, -0.25) is 0 Å². The highest BCUT2D eigenvalue weighted by Gasteiger charge is 2.27. The monoisotopic (exact) mass is 219 g/mol. The first kappa shape index (κ1) is 11.5. The summed E-state index contributed by atoms with van der Waals surface area (Å²) in [6.07, 6.45) is 3.86. The largest absolute Gasteiger partial charge is 0.494 e. The third-order valence-corrected chi connectivity index (χ3v) is 3.48. The van der Waals surface area contributed by atoms with Gasteiger partial charge in [-0.05, 0) is 38.7 Å². The summed E-state index contributed by atoms with van der Waals surface area (Å²) in [5.74, 6) is 1.62. The minimum atomic E-state index is 0.148. The van der Waals surface area contributed by atoms with Crippen LogP contribution in [0.2, 0.25) is 0 Å². The minimum Gasteiger partial charge on any atom is -0.494 e. The summed E-state index contributed by atoms with van der Waals surface area (Å²) >= 11 is 0. The molecule has 16 heavy (non-hydrogen) atoms. The molecule has 1 aromatic rings. The fourth-order valence-electron chi connectivity index (χ4n) is 2.27. The molecule has 1 fully saturated rings. The summed E-state index contributed by atoms with van der Waals surface area (Å²) in [7, 11) is 0. The molecule has 0 bridgehead atoms. The van der Waals surface area contributed by atoms with E-state index in [4.69, 9.17) is 10.5 Å². The number of rotatable bonds is 4. The molecule has 1 saturated carbocycles. The molecule has 0 aromatic heterocycles. The van der Waals surface area contributed by atoms with E-state index in [0.717, 1.165) is 5.75 Å². The Balaban J connectivity index is 2.24.